The number of hydrogen-bond donors (Lipinski definition) is 1. The fourth-order valence-corrected chi connectivity index (χ4v) is 2.77. The smallest absolute Gasteiger partial charge is 0.220 e. The zero-order valence-corrected chi connectivity index (χ0v) is 12.7. The Morgan fingerprint density at radius 3 is 3.05 bits per heavy atom. The Hall–Kier alpha value is -1.95. The van der Waals surface area contributed by atoms with E-state index >= 15 is 0 Å². The predicted molar refractivity (Wildman–Crippen MR) is 82.5 cm³/mol. The molecule has 1 aliphatic heterocycles. The van der Waals surface area contributed by atoms with Gasteiger partial charge in [0.1, 0.15) is 5.82 Å². The maximum Gasteiger partial charge on any atom is 0.220 e. The van der Waals surface area contributed by atoms with Crippen LogP contribution in [-0.4, -0.2) is 40.3 Å². The molecule has 6 nitrogen and oxygen atoms in total. The lowest BCUT2D eigenvalue weighted by atomic mass is 10.0. The fourth-order valence-electron chi connectivity index (χ4n) is 2.77. The van der Waals surface area contributed by atoms with Gasteiger partial charge in [-0.25, -0.2) is 0 Å². The van der Waals surface area contributed by atoms with E-state index in [0.29, 0.717) is 12.3 Å². The van der Waals surface area contributed by atoms with Crippen LogP contribution in [0.1, 0.15) is 31.5 Å². The van der Waals surface area contributed by atoms with Crippen molar-refractivity contribution >= 4 is 11.6 Å². The molecule has 2 aromatic heterocycles. The number of hydrogen-bond acceptors (Lipinski definition) is 4. The van der Waals surface area contributed by atoms with Crippen LogP contribution in [0.15, 0.2) is 24.4 Å². The van der Waals surface area contributed by atoms with Crippen molar-refractivity contribution in [3.05, 3.63) is 30.2 Å². The van der Waals surface area contributed by atoms with Gasteiger partial charge in [0, 0.05) is 38.8 Å². The lowest BCUT2D eigenvalue weighted by molar-refractivity contribution is -0.121. The van der Waals surface area contributed by atoms with E-state index in [4.69, 9.17) is 4.74 Å². The third kappa shape index (κ3) is 3.82. The van der Waals surface area contributed by atoms with Gasteiger partial charge in [0.05, 0.1) is 0 Å². The van der Waals surface area contributed by atoms with Gasteiger partial charge >= 0.3 is 0 Å². The van der Waals surface area contributed by atoms with E-state index in [1.54, 1.807) is 0 Å². The van der Waals surface area contributed by atoms with Crippen LogP contribution < -0.4 is 5.32 Å². The van der Waals surface area contributed by atoms with Gasteiger partial charge in [-0.3, -0.25) is 9.20 Å². The highest BCUT2D eigenvalue weighted by atomic mass is 16.5. The molecule has 1 N–H and O–H groups in total. The number of carbonyl (C=O) groups excluding carboxylic acids is 1. The SMILES string of the molecule is O=C(CCCc1nnc2ccccn12)NCC1CCOCC1. The highest BCUT2D eigenvalue weighted by molar-refractivity contribution is 5.75. The molecule has 0 unspecified atom stereocenters. The number of aryl methyl sites for hydroxylation is 1. The quantitative estimate of drug-likeness (QED) is 0.880. The Morgan fingerprint density at radius 1 is 1.32 bits per heavy atom. The molecule has 0 aromatic carbocycles. The number of amides is 1. The van der Waals surface area contributed by atoms with Crippen molar-refractivity contribution in [3.8, 4) is 0 Å². The van der Waals surface area contributed by atoms with Gasteiger partial charge in [-0.15, -0.1) is 10.2 Å². The molecule has 0 saturated carbocycles. The summed E-state index contributed by atoms with van der Waals surface area (Å²) < 4.78 is 7.29. The zero-order chi connectivity index (χ0) is 15.2. The first kappa shape index (κ1) is 15.0. The first-order valence-electron chi connectivity index (χ1n) is 7.96. The molecule has 1 fully saturated rings. The molecule has 6 heteroatoms. The number of pyridine rings is 1. The van der Waals surface area contributed by atoms with Gasteiger partial charge in [-0.2, -0.15) is 0 Å². The van der Waals surface area contributed by atoms with Crippen molar-refractivity contribution < 1.29 is 9.53 Å². The second-order valence-corrected chi connectivity index (χ2v) is 5.76. The maximum atomic E-state index is 11.9. The molecule has 0 aliphatic carbocycles. The van der Waals surface area contributed by atoms with Gasteiger partial charge in [-0.1, -0.05) is 6.07 Å². The van der Waals surface area contributed by atoms with Crippen molar-refractivity contribution in [1.29, 1.82) is 0 Å². The van der Waals surface area contributed by atoms with Crippen molar-refractivity contribution in [3.63, 3.8) is 0 Å². The van der Waals surface area contributed by atoms with Crippen LogP contribution >= 0.6 is 0 Å². The van der Waals surface area contributed by atoms with Crippen molar-refractivity contribution in [2.24, 2.45) is 5.92 Å². The maximum absolute atomic E-state index is 11.9. The van der Waals surface area contributed by atoms with E-state index < -0.39 is 0 Å². The van der Waals surface area contributed by atoms with Gasteiger partial charge in [-0.05, 0) is 37.3 Å². The van der Waals surface area contributed by atoms with Crippen molar-refractivity contribution in [1.82, 2.24) is 19.9 Å². The largest absolute Gasteiger partial charge is 0.381 e. The molecule has 1 amide bonds. The predicted octanol–water partition coefficient (Wildman–Crippen LogP) is 1.59. The van der Waals surface area contributed by atoms with Gasteiger partial charge in [0.15, 0.2) is 5.65 Å². The van der Waals surface area contributed by atoms with E-state index in [0.717, 1.165) is 56.9 Å². The Balaban J connectivity index is 1.40. The molecular weight excluding hydrogens is 280 g/mol. The van der Waals surface area contributed by atoms with Crippen LogP contribution in [0, 0.1) is 5.92 Å². The van der Waals surface area contributed by atoms with Crippen molar-refractivity contribution in [2.75, 3.05) is 19.8 Å². The van der Waals surface area contributed by atoms with Crippen LogP contribution in [0.5, 0.6) is 0 Å². The molecular formula is C16H22N4O2. The second kappa shape index (κ2) is 7.35. The number of fused-ring (bicyclic) bond motifs is 1. The minimum absolute atomic E-state index is 0.125. The summed E-state index contributed by atoms with van der Waals surface area (Å²) in [5.74, 6) is 1.60. The van der Waals surface area contributed by atoms with E-state index in [2.05, 4.69) is 15.5 Å². The summed E-state index contributed by atoms with van der Waals surface area (Å²) in [5, 5.41) is 11.3. The van der Waals surface area contributed by atoms with Crippen LogP contribution in [0.2, 0.25) is 0 Å². The molecule has 0 bridgehead atoms. The van der Waals surface area contributed by atoms with E-state index in [1.165, 1.54) is 0 Å². The third-order valence-electron chi connectivity index (χ3n) is 4.12. The lowest BCUT2D eigenvalue weighted by Crippen LogP contribution is -2.32. The monoisotopic (exact) mass is 302 g/mol. The molecule has 0 atom stereocenters. The highest BCUT2D eigenvalue weighted by Gasteiger charge is 2.14. The molecule has 1 saturated heterocycles. The minimum atomic E-state index is 0.125. The molecule has 2 aromatic rings. The standard InChI is InChI=1S/C16H22N4O2/c21-16(17-12-13-7-10-22-11-8-13)6-3-5-15-19-18-14-4-1-2-9-20(14)15/h1-2,4,9,13H,3,5-8,10-12H2,(H,17,21). The first-order valence-corrected chi connectivity index (χ1v) is 7.96. The van der Waals surface area contributed by atoms with Crippen LogP contribution in [0.25, 0.3) is 5.65 Å². The number of ether oxygens (including phenoxy) is 1. The first-order chi connectivity index (χ1) is 10.8. The molecule has 22 heavy (non-hydrogen) atoms. The zero-order valence-electron chi connectivity index (χ0n) is 12.7. The van der Waals surface area contributed by atoms with Gasteiger partial charge < -0.3 is 10.1 Å². The number of aromatic nitrogens is 3. The summed E-state index contributed by atoms with van der Waals surface area (Å²) in [5.41, 5.74) is 0.849. The summed E-state index contributed by atoms with van der Waals surface area (Å²) in [6.45, 7) is 2.41. The molecule has 118 valence electrons. The van der Waals surface area contributed by atoms with Crippen LogP contribution in [0.3, 0.4) is 0 Å². The Labute approximate surface area is 129 Å². The Morgan fingerprint density at radius 2 is 2.18 bits per heavy atom. The molecule has 0 spiro atoms. The third-order valence-corrected chi connectivity index (χ3v) is 4.12. The highest BCUT2D eigenvalue weighted by Crippen LogP contribution is 2.13. The number of rotatable bonds is 6. The van der Waals surface area contributed by atoms with Gasteiger partial charge in [0.25, 0.3) is 0 Å². The molecule has 3 rings (SSSR count). The van der Waals surface area contributed by atoms with Crippen molar-refractivity contribution in [2.45, 2.75) is 32.1 Å². The Kier molecular flexibility index (Phi) is 5.00. The summed E-state index contributed by atoms with van der Waals surface area (Å²) >= 11 is 0. The number of nitrogens with zero attached hydrogens (tertiary/aromatic N) is 3. The summed E-state index contributed by atoms with van der Waals surface area (Å²) in [4.78, 5) is 11.9. The van der Waals surface area contributed by atoms with Gasteiger partial charge in [0.2, 0.25) is 5.91 Å². The topological polar surface area (TPSA) is 68.5 Å². The minimum Gasteiger partial charge on any atom is -0.381 e. The van der Waals surface area contributed by atoms with Crippen LogP contribution in [0.4, 0.5) is 0 Å². The molecule has 1 aliphatic rings. The number of carbonyl (C=O) groups is 1. The second-order valence-electron chi connectivity index (χ2n) is 5.76. The average Bonchev–Trinajstić information content (AvgIpc) is 2.97. The van der Waals surface area contributed by atoms with E-state index in [9.17, 15) is 4.79 Å². The fraction of sp³-hybridized carbons (Fsp3) is 0.562. The molecule has 0 radical (unpaired) electrons. The normalized spacial score (nSPS) is 16.0. The molecule has 3 heterocycles. The lowest BCUT2D eigenvalue weighted by Gasteiger charge is -2.22. The summed E-state index contributed by atoms with van der Waals surface area (Å²) in [6.07, 6.45) is 6.13. The summed E-state index contributed by atoms with van der Waals surface area (Å²) in [7, 11) is 0. The number of nitrogens with one attached hydrogen (secondary N) is 1. The average molecular weight is 302 g/mol. The van der Waals surface area contributed by atoms with E-state index in [-0.39, 0.29) is 5.91 Å². The van der Waals surface area contributed by atoms with E-state index in [1.807, 2.05) is 28.8 Å². The Bertz CT molecular complexity index is 619. The summed E-state index contributed by atoms with van der Waals surface area (Å²) in [6, 6.07) is 5.83. The van der Waals surface area contributed by atoms with Crippen LogP contribution in [-0.2, 0) is 16.0 Å².